The van der Waals surface area contributed by atoms with Gasteiger partial charge in [0, 0.05) is 22.1 Å². The van der Waals surface area contributed by atoms with Gasteiger partial charge in [-0.25, -0.2) is 0 Å². The van der Waals surface area contributed by atoms with E-state index in [0.29, 0.717) is 5.41 Å². The average Bonchev–Trinajstić information content (AvgIpc) is 2.85. The maximum Gasteiger partial charge on any atom is 0.156 e. The Kier molecular flexibility index (Phi) is 4.18. The molecule has 3 rings (SSSR count). The van der Waals surface area contributed by atoms with Crippen LogP contribution >= 0.6 is 23.1 Å². The molecular formula is C15H22N2S2. The Hall–Kier alpha value is -0.480. The van der Waals surface area contributed by atoms with Gasteiger partial charge < -0.3 is 5.32 Å². The Morgan fingerprint density at radius 1 is 1.26 bits per heavy atom. The summed E-state index contributed by atoms with van der Waals surface area (Å²) < 4.78 is 0. The third kappa shape index (κ3) is 3.34. The van der Waals surface area contributed by atoms with E-state index in [1.54, 1.807) is 0 Å². The zero-order valence-corrected chi connectivity index (χ0v) is 13.2. The molecule has 1 aromatic rings. The van der Waals surface area contributed by atoms with Crippen molar-refractivity contribution in [3.8, 4) is 0 Å². The van der Waals surface area contributed by atoms with E-state index >= 15 is 0 Å². The first-order valence-corrected chi connectivity index (χ1v) is 9.02. The molecule has 0 unspecified atom stereocenters. The van der Waals surface area contributed by atoms with Crippen LogP contribution in [0.4, 0.5) is 0 Å². The molecule has 4 heteroatoms. The Morgan fingerprint density at radius 2 is 2.11 bits per heavy atom. The van der Waals surface area contributed by atoms with Crippen LogP contribution in [-0.2, 0) is 6.54 Å². The summed E-state index contributed by atoms with van der Waals surface area (Å²) in [6, 6.07) is 4.40. The number of aliphatic imine (C=N–C) groups is 1. The largest absolute Gasteiger partial charge is 0.360 e. The van der Waals surface area contributed by atoms with Crippen molar-refractivity contribution in [1.29, 1.82) is 0 Å². The zero-order chi connectivity index (χ0) is 13.1. The van der Waals surface area contributed by atoms with E-state index in [2.05, 4.69) is 24.4 Å². The van der Waals surface area contributed by atoms with Gasteiger partial charge in [0.1, 0.15) is 0 Å². The minimum absolute atomic E-state index is 0.535. The van der Waals surface area contributed by atoms with Crippen molar-refractivity contribution in [3.63, 3.8) is 0 Å². The van der Waals surface area contributed by atoms with Crippen molar-refractivity contribution in [2.45, 2.75) is 45.6 Å². The van der Waals surface area contributed by atoms with Crippen LogP contribution in [0.2, 0.25) is 0 Å². The highest BCUT2D eigenvalue weighted by Crippen LogP contribution is 2.41. The molecule has 19 heavy (non-hydrogen) atoms. The normalized spacial score (nSPS) is 22.3. The van der Waals surface area contributed by atoms with E-state index in [1.165, 1.54) is 47.6 Å². The first kappa shape index (κ1) is 13.5. The molecule has 0 radical (unpaired) electrons. The Bertz CT molecular complexity index is 458. The molecule has 0 saturated heterocycles. The molecule has 0 aromatic carbocycles. The van der Waals surface area contributed by atoms with Crippen LogP contribution in [0.3, 0.4) is 0 Å². The highest BCUT2D eigenvalue weighted by Gasteiger charge is 2.34. The van der Waals surface area contributed by atoms with Gasteiger partial charge in [-0.2, -0.15) is 0 Å². The lowest BCUT2D eigenvalue weighted by molar-refractivity contribution is 0.232. The molecule has 1 aliphatic heterocycles. The molecule has 0 bridgehead atoms. The quantitative estimate of drug-likeness (QED) is 0.884. The third-order valence-electron chi connectivity index (χ3n) is 4.20. The molecular weight excluding hydrogens is 272 g/mol. The predicted molar refractivity (Wildman–Crippen MR) is 86.2 cm³/mol. The van der Waals surface area contributed by atoms with Crippen LogP contribution < -0.4 is 5.32 Å². The van der Waals surface area contributed by atoms with E-state index in [1.807, 2.05) is 23.1 Å². The van der Waals surface area contributed by atoms with Crippen molar-refractivity contribution in [1.82, 2.24) is 5.32 Å². The lowest BCUT2D eigenvalue weighted by Crippen LogP contribution is -2.36. The highest BCUT2D eigenvalue weighted by molar-refractivity contribution is 8.13. The zero-order valence-electron chi connectivity index (χ0n) is 11.6. The molecule has 1 saturated carbocycles. The molecule has 1 aromatic heterocycles. The molecule has 0 amide bonds. The van der Waals surface area contributed by atoms with Crippen LogP contribution in [0.5, 0.6) is 0 Å². The van der Waals surface area contributed by atoms with Gasteiger partial charge >= 0.3 is 0 Å². The van der Waals surface area contributed by atoms with E-state index in [0.717, 1.165) is 18.3 Å². The first-order valence-electron chi connectivity index (χ1n) is 7.22. The topological polar surface area (TPSA) is 24.4 Å². The summed E-state index contributed by atoms with van der Waals surface area (Å²) in [5, 5.41) is 4.65. The van der Waals surface area contributed by atoms with Gasteiger partial charge in [0.2, 0.25) is 0 Å². The van der Waals surface area contributed by atoms with Crippen molar-refractivity contribution >= 4 is 28.3 Å². The Balaban J connectivity index is 1.53. The number of nitrogens with one attached hydrogen (secondary N) is 1. The second-order valence-electron chi connectivity index (χ2n) is 5.84. The number of thiophene rings is 1. The van der Waals surface area contributed by atoms with Crippen LogP contribution in [0.25, 0.3) is 0 Å². The summed E-state index contributed by atoms with van der Waals surface area (Å²) in [5.74, 6) is 1.27. The lowest BCUT2D eigenvalue weighted by Gasteiger charge is -2.38. The molecule has 104 valence electrons. The molecule has 1 N–H and O–H groups in total. The van der Waals surface area contributed by atoms with Gasteiger partial charge in [0.25, 0.3) is 0 Å². The van der Waals surface area contributed by atoms with Crippen LogP contribution in [0, 0.1) is 12.3 Å². The maximum atomic E-state index is 4.80. The van der Waals surface area contributed by atoms with Gasteiger partial charge in [-0.3, -0.25) is 4.99 Å². The fraction of sp³-hybridized carbons (Fsp3) is 0.667. The van der Waals surface area contributed by atoms with Gasteiger partial charge in [-0.1, -0.05) is 31.0 Å². The molecule has 2 nitrogen and oxygen atoms in total. The fourth-order valence-electron chi connectivity index (χ4n) is 3.01. The maximum absolute atomic E-state index is 4.80. The van der Waals surface area contributed by atoms with Gasteiger partial charge in [0.05, 0.1) is 6.54 Å². The van der Waals surface area contributed by atoms with Gasteiger partial charge in [0.15, 0.2) is 5.17 Å². The summed E-state index contributed by atoms with van der Waals surface area (Å²) in [4.78, 5) is 7.59. The van der Waals surface area contributed by atoms with Crippen LogP contribution in [0.15, 0.2) is 17.1 Å². The SMILES string of the molecule is Cc1ccc(CNC2=NCC3(CCCCC3)CS2)s1. The van der Waals surface area contributed by atoms with Crippen LogP contribution in [0.1, 0.15) is 41.9 Å². The molecule has 0 atom stereocenters. The van der Waals surface area contributed by atoms with Crippen molar-refractivity contribution < 1.29 is 0 Å². The number of amidine groups is 1. The molecule has 1 fully saturated rings. The third-order valence-corrected chi connectivity index (χ3v) is 6.50. The molecule has 1 aliphatic carbocycles. The number of rotatable bonds is 2. The second kappa shape index (κ2) is 5.88. The lowest BCUT2D eigenvalue weighted by atomic mass is 9.75. The van der Waals surface area contributed by atoms with E-state index < -0.39 is 0 Å². The van der Waals surface area contributed by atoms with Gasteiger partial charge in [-0.05, 0) is 37.3 Å². The first-order chi connectivity index (χ1) is 9.26. The van der Waals surface area contributed by atoms with E-state index in [4.69, 9.17) is 4.99 Å². The van der Waals surface area contributed by atoms with Crippen molar-refractivity contribution in [2.24, 2.45) is 10.4 Å². The second-order valence-corrected chi connectivity index (χ2v) is 8.17. The molecule has 1 spiro atoms. The van der Waals surface area contributed by atoms with Gasteiger partial charge in [-0.15, -0.1) is 11.3 Å². The fourth-order valence-corrected chi connectivity index (χ4v) is 4.99. The number of aryl methyl sites for hydroxylation is 1. The molecule has 2 aliphatic rings. The van der Waals surface area contributed by atoms with E-state index in [9.17, 15) is 0 Å². The summed E-state index contributed by atoms with van der Waals surface area (Å²) in [7, 11) is 0. The summed E-state index contributed by atoms with van der Waals surface area (Å²) in [5.41, 5.74) is 0.535. The number of hydrogen-bond donors (Lipinski definition) is 1. The smallest absolute Gasteiger partial charge is 0.156 e. The standard InChI is InChI=1S/C15H22N2S2/c1-12-5-6-13(19-12)9-16-14-17-10-15(11-18-14)7-3-2-4-8-15/h5-6H,2-4,7-11H2,1H3,(H,16,17). The number of nitrogens with zero attached hydrogens (tertiary/aromatic N) is 1. The molecule has 2 heterocycles. The van der Waals surface area contributed by atoms with Crippen LogP contribution in [-0.4, -0.2) is 17.5 Å². The summed E-state index contributed by atoms with van der Waals surface area (Å²) >= 11 is 3.81. The average molecular weight is 294 g/mol. The number of hydrogen-bond acceptors (Lipinski definition) is 4. The van der Waals surface area contributed by atoms with E-state index in [-0.39, 0.29) is 0 Å². The monoisotopic (exact) mass is 294 g/mol. The minimum atomic E-state index is 0.535. The summed E-state index contributed by atoms with van der Waals surface area (Å²) in [6.45, 7) is 4.14. The predicted octanol–water partition coefficient (Wildman–Crippen LogP) is 4.20. The highest BCUT2D eigenvalue weighted by atomic mass is 32.2. The Morgan fingerprint density at radius 3 is 2.74 bits per heavy atom. The Labute approximate surface area is 124 Å². The van der Waals surface area contributed by atoms with Crippen molar-refractivity contribution in [3.05, 3.63) is 21.9 Å². The minimum Gasteiger partial charge on any atom is -0.360 e. The van der Waals surface area contributed by atoms with Crippen molar-refractivity contribution in [2.75, 3.05) is 12.3 Å². The summed E-state index contributed by atoms with van der Waals surface area (Å²) in [6.07, 6.45) is 7.03. The number of thioether (sulfide) groups is 1.